The van der Waals surface area contributed by atoms with Crippen molar-refractivity contribution in [2.45, 2.75) is 97.0 Å². The molecule has 1 aliphatic heterocycles. The summed E-state index contributed by atoms with van der Waals surface area (Å²) in [5.41, 5.74) is 1.74. The van der Waals surface area contributed by atoms with Crippen LogP contribution < -0.4 is 14.2 Å². The topological polar surface area (TPSA) is 82.1 Å². The van der Waals surface area contributed by atoms with Gasteiger partial charge in [-0.15, -0.1) is 0 Å². The first kappa shape index (κ1) is 26.6. The molecular weight excluding hydrogens is 444 g/mol. The van der Waals surface area contributed by atoms with Crippen LogP contribution in [-0.4, -0.2) is 17.0 Å². The molecule has 0 aromatic heterocycles. The third-order valence-corrected chi connectivity index (χ3v) is 6.30. The molecule has 6 nitrogen and oxygen atoms in total. The number of phenolic OH excluding ortho intramolecular Hbond substituents is 1. The number of carbonyl (C=O) groups is 2. The number of esters is 2. The van der Waals surface area contributed by atoms with Crippen molar-refractivity contribution in [3.05, 3.63) is 47.5 Å². The van der Waals surface area contributed by atoms with E-state index in [4.69, 9.17) is 14.2 Å². The Morgan fingerprint density at radius 1 is 0.943 bits per heavy atom. The van der Waals surface area contributed by atoms with Gasteiger partial charge in [-0.2, -0.15) is 0 Å². The minimum absolute atomic E-state index is 0.0352. The fraction of sp³-hybridized carbons (Fsp3) is 0.517. The number of unbranched alkanes of at least 4 members (excludes halogenated alkanes) is 8. The van der Waals surface area contributed by atoms with Crippen LogP contribution in [0.25, 0.3) is 0 Å². The van der Waals surface area contributed by atoms with Crippen LogP contribution in [0.5, 0.6) is 23.0 Å². The molecule has 1 aliphatic rings. The molecule has 35 heavy (non-hydrogen) atoms. The summed E-state index contributed by atoms with van der Waals surface area (Å²) in [4.78, 5) is 23.8. The van der Waals surface area contributed by atoms with Crippen LogP contribution in [0.1, 0.15) is 102 Å². The van der Waals surface area contributed by atoms with Gasteiger partial charge in [0.2, 0.25) is 0 Å². The molecular formula is C29H38O6. The molecule has 6 heteroatoms. The van der Waals surface area contributed by atoms with Crippen molar-refractivity contribution in [2.24, 2.45) is 0 Å². The number of hydrogen-bond acceptors (Lipinski definition) is 6. The van der Waals surface area contributed by atoms with E-state index >= 15 is 0 Å². The number of phenols is 1. The Morgan fingerprint density at radius 3 is 2.37 bits per heavy atom. The zero-order chi connectivity index (χ0) is 25.0. The molecule has 0 bridgehead atoms. The van der Waals surface area contributed by atoms with Gasteiger partial charge in [-0.05, 0) is 43.0 Å². The van der Waals surface area contributed by atoms with E-state index in [1.165, 1.54) is 51.5 Å². The van der Waals surface area contributed by atoms with E-state index in [1.807, 2.05) is 6.07 Å². The lowest BCUT2D eigenvalue weighted by Gasteiger charge is -2.28. The van der Waals surface area contributed by atoms with E-state index in [2.05, 4.69) is 6.92 Å². The average Bonchev–Trinajstić information content (AvgIpc) is 2.82. The Hall–Kier alpha value is -3.02. The largest absolute Gasteiger partial charge is 0.508 e. The second-order valence-electron chi connectivity index (χ2n) is 9.28. The molecule has 0 saturated heterocycles. The summed E-state index contributed by atoms with van der Waals surface area (Å²) in [5.74, 6) is 0.740. The summed E-state index contributed by atoms with van der Waals surface area (Å²) < 4.78 is 17.0. The second-order valence-corrected chi connectivity index (χ2v) is 9.28. The number of carbonyl (C=O) groups excluding carboxylic acids is 2. The summed E-state index contributed by atoms with van der Waals surface area (Å²) in [7, 11) is 0. The first-order valence-corrected chi connectivity index (χ1v) is 13.0. The van der Waals surface area contributed by atoms with Gasteiger partial charge in [-0.1, -0.05) is 64.4 Å². The number of benzene rings is 2. The minimum atomic E-state index is -0.392. The van der Waals surface area contributed by atoms with E-state index in [1.54, 1.807) is 24.3 Å². The normalized spacial score (nSPS) is 14.6. The molecule has 1 N–H and O–H groups in total. The predicted molar refractivity (Wildman–Crippen MR) is 135 cm³/mol. The van der Waals surface area contributed by atoms with Gasteiger partial charge < -0.3 is 19.3 Å². The van der Waals surface area contributed by atoms with Gasteiger partial charge in [-0.3, -0.25) is 9.59 Å². The Labute approximate surface area is 208 Å². The van der Waals surface area contributed by atoms with Gasteiger partial charge in [0.1, 0.15) is 29.1 Å². The Balaban J connectivity index is 1.54. The molecule has 1 atom stereocenters. The molecule has 1 heterocycles. The highest BCUT2D eigenvalue weighted by atomic mass is 16.5. The van der Waals surface area contributed by atoms with Crippen molar-refractivity contribution in [2.75, 3.05) is 0 Å². The maximum atomic E-state index is 12.5. The number of aryl methyl sites for hydroxylation is 1. The zero-order valence-corrected chi connectivity index (χ0v) is 21.0. The van der Waals surface area contributed by atoms with Gasteiger partial charge in [-0.25, -0.2) is 0 Å². The molecule has 2 aromatic carbocycles. The quantitative estimate of drug-likeness (QED) is 0.184. The third-order valence-electron chi connectivity index (χ3n) is 6.30. The summed E-state index contributed by atoms with van der Waals surface area (Å²) in [6.45, 7) is 3.58. The number of fused-ring (bicyclic) bond motifs is 1. The monoisotopic (exact) mass is 482 g/mol. The van der Waals surface area contributed by atoms with Crippen LogP contribution in [-0.2, 0) is 16.0 Å². The summed E-state index contributed by atoms with van der Waals surface area (Å²) in [6, 6.07) is 10.1. The van der Waals surface area contributed by atoms with Gasteiger partial charge in [0.25, 0.3) is 0 Å². The van der Waals surface area contributed by atoms with E-state index < -0.39 is 5.97 Å². The number of hydrogen-bond donors (Lipinski definition) is 1. The highest BCUT2D eigenvalue weighted by Crippen LogP contribution is 2.40. The smallest absolute Gasteiger partial charge is 0.311 e. The number of ether oxygens (including phenoxy) is 3. The van der Waals surface area contributed by atoms with Crippen molar-refractivity contribution in [3.8, 4) is 23.0 Å². The molecule has 0 spiro atoms. The van der Waals surface area contributed by atoms with Crippen molar-refractivity contribution < 1.29 is 28.9 Å². The fourth-order valence-electron chi connectivity index (χ4n) is 4.43. The molecule has 0 saturated carbocycles. The standard InChI is InChI=1S/C29H38O6/c1-3-4-5-6-7-8-9-10-11-12-29(32)35-28-19-23(31)15-17-25(28)26-18-14-22-13-16-24(33-21(2)30)20-27(22)34-26/h13,15-17,19-20,26,31H,3-12,14,18H2,1-2H3. The molecule has 0 amide bonds. The molecule has 3 rings (SSSR count). The number of rotatable bonds is 13. The van der Waals surface area contributed by atoms with Crippen LogP contribution in [0.3, 0.4) is 0 Å². The molecule has 190 valence electrons. The highest BCUT2D eigenvalue weighted by molar-refractivity contribution is 5.73. The maximum Gasteiger partial charge on any atom is 0.311 e. The summed E-state index contributed by atoms with van der Waals surface area (Å²) >= 11 is 0. The molecule has 1 unspecified atom stereocenters. The van der Waals surface area contributed by atoms with Crippen LogP contribution in [0, 0.1) is 0 Å². The van der Waals surface area contributed by atoms with Gasteiger partial charge in [0.15, 0.2) is 0 Å². The Kier molecular flexibility index (Phi) is 10.5. The van der Waals surface area contributed by atoms with Crippen molar-refractivity contribution in [3.63, 3.8) is 0 Å². The van der Waals surface area contributed by atoms with Crippen LogP contribution in [0.15, 0.2) is 36.4 Å². The van der Waals surface area contributed by atoms with Gasteiger partial charge >= 0.3 is 11.9 Å². The first-order valence-electron chi connectivity index (χ1n) is 13.0. The van der Waals surface area contributed by atoms with Crippen LogP contribution in [0.2, 0.25) is 0 Å². The van der Waals surface area contributed by atoms with Crippen molar-refractivity contribution in [1.82, 2.24) is 0 Å². The lowest BCUT2D eigenvalue weighted by atomic mass is 9.96. The second kappa shape index (κ2) is 13.8. The van der Waals surface area contributed by atoms with Crippen LogP contribution in [0.4, 0.5) is 0 Å². The summed E-state index contributed by atoms with van der Waals surface area (Å²) in [6.07, 6.45) is 12.1. The van der Waals surface area contributed by atoms with Gasteiger partial charge in [0.05, 0.1) is 0 Å². The van der Waals surface area contributed by atoms with E-state index in [-0.39, 0.29) is 17.8 Å². The third kappa shape index (κ3) is 8.61. The molecule has 2 aromatic rings. The van der Waals surface area contributed by atoms with E-state index in [0.29, 0.717) is 35.7 Å². The van der Waals surface area contributed by atoms with Crippen molar-refractivity contribution in [1.29, 1.82) is 0 Å². The molecule has 0 radical (unpaired) electrons. The molecule has 0 fully saturated rings. The molecule has 0 aliphatic carbocycles. The number of aromatic hydroxyl groups is 1. The lowest BCUT2D eigenvalue weighted by Crippen LogP contribution is -2.17. The van der Waals surface area contributed by atoms with Crippen molar-refractivity contribution >= 4 is 11.9 Å². The maximum absolute atomic E-state index is 12.5. The average molecular weight is 483 g/mol. The van der Waals surface area contributed by atoms with Crippen LogP contribution >= 0.6 is 0 Å². The minimum Gasteiger partial charge on any atom is -0.508 e. The predicted octanol–water partition coefficient (Wildman–Crippen LogP) is 7.21. The fourth-order valence-corrected chi connectivity index (χ4v) is 4.43. The first-order chi connectivity index (χ1) is 17.0. The highest BCUT2D eigenvalue weighted by Gasteiger charge is 2.26. The SMILES string of the molecule is CCCCCCCCCCCC(=O)Oc1cc(O)ccc1C1CCc2ccc(OC(C)=O)cc2O1. The zero-order valence-electron chi connectivity index (χ0n) is 21.0. The van der Waals surface area contributed by atoms with Gasteiger partial charge in [0, 0.05) is 31.0 Å². The van der Waals surface area contributed by atoms with E-state index in [0.717, 1.165) is 31.2 Å². The van der Waals surface area contributed by atoms with E-state index in [9.17, 15) is 14.7 Å². The Morgan fingerprint density at radius 2 is 1.66 bits per heavy atom. The lowest BCUT2D eigenvalue weighted by molar-refractivity contribution is -0.134. The summed E-state index contributed by atoms with van der Waals surface area (Å²) in [5, 5.41) is 10.00. The Bertz CT molecular complexity index is 983.